The highest BCUT2D eigenvalue weighted by Gasteiger charge is 2.47. The number of aliphatic imine (C=N–C) groups is 1. The van der Waals surface area contributed by atoms with E-state index in [2.05, 4.69) is 22.3 Å². The molecule has 2 atom stereocenters. The number of benzene rings is 1. The van der Waals surface area contributed by atoms with Crippen LogP contribution in [0.15, 0.2) is 45.6 Å². The minimum Gasteiger partial charge on any atom is -0.376 e. The highest BCUT2D eigenvalue weighted by atomic mass is 16.5. The van der Waals surface area contributed by atoms with Gasteiger partial charge >= 0.3 is 0 Å². The molecule has 0 radical (unpaired) electrons. The number of imidazole rings is 1. The van der Waals surface area contributed by atoms with E-state index in [-0.39, 0.29) is 0 Å². The second-order valence-corrected chi connectivity index (χ2v) is 9.76. The molecule has 6 rings (SSSR count). The highest BCUT2D eigenvalue weighted by Crippen LogP contribution is 2.44. The van der Waals surface area contributed by atoms with E-state index < -0.39 is 11.7 Å². The summed E-state index contributed by atoms with van der Waals surface area (Å²) in [6.07, 6.45) is 10.4. The molecule has 7 heteroatoms. The van der Waals surface area contributed by atoms with Gasteiger partial charge in [-0.05, 0) is 76.6 Å². The molecule has 2 N–H and O–H groups in total. The molecule has 2 aliphatic heterocycles. The van der Waals surface area contributed by atoms with Crippen molar-refractivity contribution >= 4 is 16.7 Å². The molecule has 2 fully saturated rings. The lowest BCUT2D eigenvalue weighted by atomic mass is 9.80. The summed E-state index contributed by atoms with van der Waals surface area (Å²) >= 11 is 0. The van der Waals surface area contributed by atoms with Gasteiger partial charge in [0.15, 0.2) is 5.60 Å². The Labute approximate surface area is 198 Å². The van der Waals surface area contributed by atoms with Gasteiger partial charge in [0.05, 0.1) is 28.5 Å². The molecule has 1 saturated carbocycles. The number of aliphatic hydroxyl groups is 1. The maximum absolute atomic E-state index is 12.6. The topological polar surface area (TPSA) is 96.5 Å². The summed E-state index contributed by atoms with van der Waals surface area (Å²) in [7, 11) is 0. The molecule has 176 valence electrons. The standard InChI is InChI=1S/C27H30N4O3/c1-15-7-4-5-8-22(28-15)27(32,23-9-6-12-33-23)20-13-19(24-16(2)31-34-17(24)3)14-21-25(20)30-26(29-21)18-10-11-18/h5,7-8,13-14,18,23,32H,4,6,9-12H2,1-3H3,(H,29,30). The van der Waals surface area contributed by atoms with Crippen LogP contribution in [-0.2, 0) is 10.3 Å². The number of nitrogens with zero attached hydrogens (tertiary/aromatic N) is 3. The van der Waals surface area contributed by atoms with Gasteiger partial charge in [0.2, 0.25) is 0 Å². The van der Waals surface area contributed by atoms with Gasteiger partial charge in [0, 0.05) is 29.3 Å². The number of aromatic amines is 1. The van der Waals surface area contributed by atoms with Crippen LogP contribution >= 0.6 is 0 Å². The number of H-pyrrole nitrogens is 1. The zero-order valence-electron chi connectivity index (χ0n) is 19.9. The van der Waals surface area contributed by atoms with Crippen molar-refractivity contribution in [2.24, 2.45) is 4.99 Å². The predicted octanol–water partition coefficient (Wildman–Crippen LogP) is 5.38. The fourth-order valence-electron chi connectivity index (χ4n) is 5.30. The Kier molecular flexibility index (Phi) is 5.08. The number of aromatic nitrogens is 3. The second kappa shape index (κ2) is 8.03. The molecular weight excluding hydrogens is 428 g/mol. The van der Waals surface area contributed by atoms with Crippen LogP contribution in [0.2, 0.25) is 0 Å². The molecule has 2 aromatic heterocycles. The van der Waals surface area contributed by atoms with E-state index in [4.69, 9.17) is 19.2 Å². The molecule has 7 nitrogen and oxygen atoms in total. The first-order valence-corrected chi connectivity index (χ1v) is 12.2. The van der Waals surface area contributed by atoms with Crippen LogP contribution in [0.5, 0.6) is 0 Å². The fraction of sp³-hybridized carbons (Fsp3) is 0.444. The average molecular weight is 459 g/mol. The number of hydrogen-bond acceptors (Lipinski definition) is 6. The first-order chi connectivity index (χ1) is 16.4. The first kappa shape index (κ1) is 21.5. The summed E-state index contributed by atoms with van der Waals surface area (Å²) in [5.74, 6) is 2.19. The third-order valence-electron chi connectivity index (χ3n) is 7.21. The van der Waals surface area contributed by atoms with Crippen molar-refractivity contribution in [2.45, 2.75) is 70.5 Å². The van der Waals surface area contributed by atoms with E-state index >= 15 is 0 Å². The van der Waals surface area contributed by atoms with Gasteiger partial charge in [-0.1, -0.05) is 17.3 Å². The minimum atomic E-state index is -1.45. The van der Waals surface area contributed by atoms with Crippen LogP contribution < -0.4 is 0 Å². The van der Waals surface area contributed by atoms with E-state index in [9.17, 15) is 5.11 Å². The fourth-order valence-corrected chi connectivity index (χ4v) is 5.30. The van der Waals surface area contributed by atoms with E-state index in [0.717, 1.165) is 77.2 Å². The molecule has 0 amide bonds. The Hall–Kier alpha value is -3.03. The van der Waals surface area contributed by atoms with E-state index in [1.54, 1.807) is 0 Å². The van der Waals surface area contributed by atoms with Gasteiger partial charge in [-0.25, -0.2) is 4.98 Å². The molecule has 34 heavy (non-hydrogen) atoms. The molecular formula is C27H30N4O3. The Morgan fingerprint density at radius 3 is 2.71 bits per heavy atom. The number of hydrogen-bond donors (Lipinski definition) is 2. The van der Waals surface area contributed by atoms with Crippen LogP contribution in [-0.4, -0.2) is 38.7 Å². The van der Waals surface area contributed by atoms with Crippen molar-refractivity contribution in [3.63, 3.8) is 0 Å². The lowest BCUT2D eigenvalue weighted by Crippen LogP contribution is -2.46. The smallest absolute Gasteiger partial charge is 0.159 e. The zero-order valence-corrected chi connectivity index (χ0v) is 19.9. The summed E-state index contributed by atoms with van der Waals surface area (Å²) in [6, 6.07) is 4.13. The summed E-state index contributed by atoms with van der Waals surface area (Å²) in [4.78, 5) is 13.4. The Morgan fingerprint density at radius 2 is 2.00 bits per heavy atom. The SMILES string of the molecule is CC1=CCC=CC(C(O)(c2cc(-c3c(C)noc3C)cc3[nH]c(C4CC4)nc23)C2CCCO2)=N1. The lowest BCUT2D eigenvalue weighted by Gasteiger charge is -2.34. The Balaban J connectivity index is 1.64. The molecule has 3 aromatic rings. The van der Waals surface area contributed by atoms with Gasteiger partial charge in [-0.2, -0.15) is 0 Å². The van der Waals surface area contributed by atoms with Crippen molar-refractivity contribution < 1.29 is 14.4 Å². The van der Waals surface area contributed by atoms with Crippen molar-refractivity contribution in [1.82, 2.24) is 15.1 Å². The maximum Gasteiger partial charge on any atom is 0.159 e. The normalized spacial score (nSPS) is 22.5. The van der Waals surface area contributed by atoms with Crippen molar-refractivity contribution in [2.75, 3.05) is 6.61 Å². The van der Waals surface area contributed by atoms with Crippen LogP contribution in [0.1, 0.15) is 67.8 Å². The second-order valence-electron chi connectivity index (χ2n) is 9.76. The molecule has 0 spiro atoms. The third kappa shape index (κ3) is 3.46. The van der Waals surface area contributed by atoms with Crippen LogP contribution in [0.4, 0.5) is 0 Å². The molecule has 4 heterocycles. The van der Waals surface area contributed by atoms with Gasteiger partial charge in [-0.3, -0.25) is 4.99 Å². The summed E-state index contributed by atoms with van der Waals surface area (Å²) in [5.41, 5.74) is 5.11. The van der Waals surface area contributed by atoms with Gasteiger partial charge in [0.1, 0.15) is 11.6 Å². The molecule has 0 bridgehead atoms. The Bertz CT molecular complexity index is 1330. The van der Waals surface area contributed by atoms with Crippen LogP contribution in [0, 0.1) is 13.8 Å². The first-order valence-electron chi connectivity index (χ1n) is 12.2. The molecule has 1 saturated heterocycles. The number of allylic oxidation sites excluding steroid dienone is 3. The van der Waals surface area contributed by atoms with E-state index in [1.807, 2.05) is 39.0 Å². The third-order valence-corrected chi connectivity index (χ3v) is 7.21. The molecule has 1 aliphatic carbocycles. The van der Waals surface area contributed by atoms with Crippen molar-refractivity contribution in [3.8, 4) is 11.1 Å². The molecule has 2 unspecified atom stereocenters. The minimum absolute atomic E-state index is 0.411. The van der Waals surface area contributed by atoms with E-state index in [0.29, 0.717) is 23.8 Å². The van der Waals surface area contributed by atoms with Crippen LogP contribution in [0.3, 0.4) is 0 Å². The maximum atomic E-state index is 12.6. The Morgan fingerprint density at radius 1 is 1.15 bits per heavy atom. The number of aryl methyl sites for hydroxylation is 2. The zero-order chi connectivity index (χ0) is 23.4. The summed E-state index contributed by atoms with van der Waals surface area (Å²) < 4.78 is 11.6. The quantitative estimate of drug-likeness (QED) is 0.535. The van der Waals surface area contributed by atoms with Crippen molar-refractivity contribution in [3.05, 3.63) is 58.9 Å². The predicted molar refractivity (Wildman–Crippen MR) is 131 cm³/mol. The van der Waals surface area contributed by atoms with Crippen LogP contribution in [0.25, 0.3) is 22.2 Å². The largest absolute Gasteiger partial charge is 0.376 e. The number of nitrogens with one attached hydrogen (secondary N) is 1. The lowest BCUT2D eigenvalue weighted by molar-refractivity contribution is -0.0416. The molecule has 1 aromatic carbocycles. The summed E-state index contributed by atoms with van der Waals surface area (Å²) in [6.45, 7) is 6.45. The average Bonchev–Trinajstić information content (AvgIpc) is 3.26. The van der Waals surface area contributed by atoms with Gasteiger partial charge in [-0.15, -0.1) is 0 Å². The van der Waals surface area contributed by atoms with E-state index in [1.165, 1.54) is 0 Å². The monoisotopic (exact) mass is 458 g/mol. The number of fused-ring (bicyclic) bond motifs is 1. The number of ether oxygens (including phenoxy) is 1. The van der Waals surface area contributed by atoms with Gasteiger partial charge in [0.25, 0.3) is 0 Å². The summed E-state index contributed by atoms with van der Waals surface area (Å²) in [5, 5.41) is 16.8. The molecule has 3 aliphatic rings. The van der Waals surface area contributed by atoms with Crippen molar-refractivity contribution in [1.29, 1.82) is 0 Å². The highest BCUT2D eigenvalue weighted by molar-refractivity contribution is 6.06. The number of rotatable bonds is 5. The van der Waals surface area contributed by atoms with Gasteiger partial charge < -0.3 is 19.4 Å².